The number of carbonyl (C=O) groups is 5. The lowest BCUT2D eigenvalue weighted by molar-refractivity contribution is -0.150. The number of nitrogens with zero attached hydrogens (tertiary/aromatic N) is 1. The highest BCUT2D eigenvalue weighted by molar-refractivity contribution is 5.97. The van der Waals surface area contributed by atoms with Crippen molar-refractivity contribution in [2.45, 2.75) is 160 Å². The molecule has 0 spiro atoms. The molecule has 1 saturated heterocycles. The van der Waals surface area contributed by atoms with E-state index in [0.717, 1.165) is 67.8 Å². The van der Waals surface area contributed by atoms with Crippen LogP contribution in [-0.2, 0) is 28.7 Å². The Balaban J connectivity index is 1.21. The van der Waals surface area contributed by atoms with E-state index in [1.165, 1.54) is 61.8 Å². The van der Waals surface area contributed by atoms with Crippen LogP contribution in [0.5, 0.6) is 5.75 Å². The number of Topliss-reactive ketones (excluding diaryl/α,β-unsaturated/α-hetero) is 1. The molecule has 0 unspecified atom stereocenters. The molecule has 12 atom stereocenters. The van der Waals surface area contributed by atoms with Crippen LogP contribution in [0.15, 0.2) is 94.3 Å². The highest BCUT2D eigenvalue weighted by Gasteiger charge is 2.48. The van der Waals surface area contributed by atoms with Crippen molar-refractivity contribution in [3.8, 4) is 5.75 Å². The first-order valence-electron chi connectivity index (χ1n) is 25.3. The molecule has 1 heterocycles. The molecule has 4 aliphatic rings. The maximum absolute atomic E-state index is 14.1. The number of unbranched alkanes of at least 4 members (excludes halogenated alkanes) is 2. The van der Waals surface area contributed by atoms with E-state index < -0.39 is 115 Å². The number of likely N-dealkylation sites (tertiary alicyclic amines) is 1. The Morgan fingerprint density at radius 1 is 0.778 bits per heavy atom. The molecule has 0 radical (unpaired) electrons. The lowest BCUT2D eigenvalue weighted by Gasteiger charge is -2.32. The van der Waals surface area contributed by atoms with Crippen LogP contribution in [0.2, 0.25) is 0 Å². The summed E-state index contributed by atoms with van der Waals surface area (Å²) in [6, 6.07) is 2.23. The predicted octanol–water partition coefficient (Wildman–Crippen LogP) is 2.86. The Morgan fingerprint density at radius 2 is 1.38 bits per heavy atom. The zero-order valence-corrected chi connectivity index (χ0v) is 42.1. The first-order chi connectivity index (χ1) is 34.2. The molecule has 18 heteroatoms. The third-order valence-electron chi connectivity index (χ3n) is 14.1. The summed E-state index contributed by atoms with van der Waals surface area (Å²) >= 11 is 0. The second-order valence-corrected chi connectivity index (χ2v) is 19.8. The van der Waals surface area contributed by atoms with Gasteiger partial charge in [0.2, 0.25) is 23.6 Å². The van der Waals surface area contributed by atoms with Gasteiger partial charge in [0.25, 0.3) is 0 Å². The molecule has 1 aromatic carbocycles. The van der Waals surface area contributed by atoms with Crippen LogP contribution in [0.25, 0.3) is 0 Å². The minimum absolute atomic E-state index is 0.0746. The Labute approximate surface area is 421 Å². The lowest BCUT2D eigenvalue weighted by Crippen LogP contribution is -2.57. The summed E-state index contributed by atoms with van der Waals surface area (Å²) in [7, 11) is 0. The molecule has 3 aliphatic carbocycles. The number of hydrogen-bond donors (Lipinski definition) is 11. The van der Waals surface area contributed by atoms with Crippen LogP contribution >= 0.6 is 0 Å². The number of allylic oxidation sites excluding steroid dienone is 11. The highest BCUT2D eigenvalue weighted by atomic mass is 16.5. The quantitative estimate of drug-likeness (QED) is 0.0497. The molecule has 5 rings (SSSR count). The Morgan fingerprint density at radius 3 is 1.92 bits per heavy atom. The van der Waals surface area contributed by atoms with Gasteiger partial charge in [-0.15, -0.1) is 0 Å². The second-order valence-electron chi connectivity index (χ2n) is 19.8. The smallest absolute Gasteiger partial charge is 0.247 e. The normalized spacial score (nSPS) is 22.9. The number of nitrogens with one attached hydrogen (secondary N) is 3. The van der Waals surface area contributed by atoms with Gasteiger partial charge in [-0.3, -0.25) is 24.0 Å². The molecule has 18 nitrogen and oxygen atoms in total. The molecule has 396 valence electrons. The summed E-state index contributed by atoms with van der Waals surface area (Å²) in [5, 5.41) is 92.5. The number of aliphatic hydroxyl groups is 7. The second kappa shape index (κ2) is 27.0. The summed E-state index contributed by atoms with van der Waals surface area (Å²) in [6.07, 6.45) is 7.66. The van der Waals surface area contributed by atoms with Gasteiger partial charge in [-0.1, -0.05) is 76.1 Å². The van der Waals surface area contributed by atoms with E-state index >= 15 is 0 Å². The Kier molecular flexibility index (Phi) is 21.5. The molecule has 4 amide bonds. The number of rotatable bonds is 25. The lowest BCUT2D eigenvalue weighted by atomic mass is 9.84. The van der Waals surface area contributed by atoms with Gasteiger partial charge in [-0.25, -0.2) is 0 Å². The molecule has 1 aliphatic heterocycles. The SMILES string of the molecule is CCCCCOC1=CC=C(C2=CC=C(C3=CC=C(C(=O)N[C@@H](C[C@@H](O)[C@@H](O)NC(=O)[C@@H]4[C@@H](O)[C@@H](C)CN4C(=O)[C@@H](CC(=O)[C@@H](C)[C@H](O)[C@@H](O)c4ccc(O)cc4)[C@@H](C)O)C(=O)NC[C@@H](C)O)CC3)CC2)CC1. The van der Waals surface area contributed by atoms with Crippen molar-refractivity contribution in [2.24, 2.45) is 17.8 Å². The average Bonchev–Trinajstić information content (AvgIpc) is 3.67. The number of ether oxygens (including phenoxy) is 1. The molecule has 11 N–H and O–H groups in total. The fourth-order valence-corrected chi connectivity index (χ4v) is 9.34. The van der Waals surface area contributed by atoms with Crippen molar-refractivity contribution in [1.82, 2.24) is 20.9 Å². The molecule has 72 heavy (non-hydrogen) atoms. The first kappa shape index (κ1) is 57.4. The highest BCUT2D eigenvalue weighted by Crippen LogP contribution is 2.36. The summed E-state index contributed by atoms with van der Waals surface area (Å²) in [4.78, 5) is 69.3. The van der Waals surface area contributed by atoms with Crippen molar-refractivity contribution in [3.05, 3.63) is 99.9 Å². The van der Waals surface area contributed by atoms with Gasteiger partial charge < -0.3 is 66.4 Å². The third kappa shape index (κ3) is 15.5. The molecular formula is C54H76N4O14. The molecule has 0 bridgehead atoms. The van der Waals surface area contributed by atoms with Gasteiger partial charge in [0.1, 0.15) is 35.8 Å². The zero-order chi connectivity index (χ0) is 52.8. The maximum atomic E-state index is 14.1. The number of amides is 4. The van der Waals surface area contributed by atoms with Crippen LogP contribution < -0.4 is 16.0 Å². The molecule has 0 saturated carbocycles. The van der Waals surface area contributed by atoms with Gasteiger partial charge in [-0.2, -0.15) is 0 Å². The van der Waals surface area contributed by atoms with Crippen LogP contribution in [0.1, 0.15) is 117 Å². The summed E-state index contributed by atoms with van der Waals surface area (Å²) in [6.45, 7) is 8.13. The van der Waals surface area contributed by atoms with Gasteiger partial charge in [0, 0.05) is 49.8 Å². The van der Waals surface area contributed by atoms with Crippen LogP contribution in [0.4, 0.5) is 0 Å². The number of aliphatic hydroxyl groups excluding tert-OH is 7. The monoisotopic (exact) mass is 1000 g/mol. The van der Waals surface area contributed by atoms with E-state index in [9.17, 15) is 64.8 Å². The number of ketones is 1. The van der Waals surface area contributed by atoms with E-state index in [2.05, 4.69) is 47.2 Å². The van der Waals surface area contributed by atoms with Crippen molar-refractivity contribution in [2.75, 3.05) is 19.7 Å². The van der Waals surface area contributed by atoms with Crippen molar-refractivity contribution in [1.29, 1.82) is 0 Å². The predicted molar refractivity (Wildman–Crippen MR) is 267 cm³/mol. The standard InChI is InChI=1S/C54H76N4O14/c1-6-7-8-25-72-41-23-19-37(20-24-41)35-11-9-34(10-12-35)36-13-15-39(16-14-36)50(67)56-43(51(68)55-28-31(3)59)27-45(63)52(69)57-53(70)46-47(64)30(2)29-58(46)54(71)42(33(5)60)26-44(62)32(4)48(65)49(66)38-17-21-40(61)22-18-38/h9,11,13,15,17-19,21-23,30-33,42-43,45-49,52,59-61,63-66,69H,6-8,10,12,14,16,20,24-29H2,1-5H3,(H,55,68)(H,56,67)(H,57,70)/t30-,31+,32+,33+,42-,43-,45+,46-,47-,48-,49-,52+/m0/s1. The number of phenols is 1. The van der Waals surface area contributed by atoms with Gasteiger partial charge in [-0.05, 0) is 98.4 Å². The van der Waals surface area contributed by atoms with Gasteiger partial charge in [0.05, 0.1) is 42.7 Å². The van der Waals surface area contributed by atoms with Crippen LogP contribution in [0.3, 0.4) is 0 Å². The molecular weight excluding hydrogens is 929 g/mol. The topological polar surface area (TPSA) is 296 Å². The van der Waals surface area contributed by atoms with Crippen molar-refractivity contribution in [3.63, 3.8) is 0 Å². The van der Waals surface area contributed by atoms with Gasteiger partial charge >= 0.3 is 0 Å². The summed E-state index contributed by atoms with van der Waals surface area (Å²) < 4.78 is 5.94. The minimum Gasteiger partial charge on any atom is -0.508 e. The largest absolute Gasteiger partial charge is 0.508 e. The molecule has 1 fully saturated rings. The Hall–Kier alpha value is -5.47. The minimum atomic E-state index is -2.09. The van der Waals surface area contributed by atoms with Gasteiger partial charge in [0.15, 0.2) is 6.23 Å². The third-order valence-corrected chi connectivity index (χ3v) is 14.1. The summed E-state index contributed by atoms with van der Waals surface area (Å²) in [5.74, 6) is -6.50. The number of carbonyl (C=O) groups excluding carboxylic acids is 5. The fraction of sp³-hybridized carbons (Fsp3) is 0.574. The number of hydrogen-bond acceptors (Lipinski definition) is 14. The van der Waals surface area contributed by atoms with E-state index in [1.807, 2.05) is 6.08 Å². The molecule has 0 aromatic heterocycles. The summed E-state index contributed by atoms with van der Waals surface area (Å²) in [5.41, 5.74) is 5.46. The Bertz CT molecular complexity index is 2260. The zero-order valence-electron chi connectivity index (χ0n) is 42.1. The first-order valence-corrected chi connectivity index (χ1v) is 25.3. The maximum Gasteiger partial charge on any atom is 0.247 e. The van der Waals surface area contributed by atoms with E-state index in [4.69, 9.17) is 4.74 Å². The fourth-order valence-electron chi connectivity index (χ4n) is 9.34. The number of phenolic OH excluding ortho intramolecular Hbond substituents is 1. The van der Waals surface area contributed by atoms with Crippen molar-refractivity contribution < 1.29 is 69.6 Å². The van der Waals surface area contributed by atoms with Crippen LogP contribution in [0, 0.1) is 17.8 Å². The van der Waals surface area contributed by atoms with E-state index in [1.54, 1.807) is 13.0 Å². The van der Waals surface area contributed by atoms with E-state index in [-0.39, 0.29) is 24.4 Å². The van der Waals surface area contributed by atoms with Crippen molar-refractivity contribution >= 4 is 29.4 Å². The molecule has 1 aromatic rings. The van der Waals surface area contributed by atoms with E-state index in [0.29, 0.717) is 18.4 Å². The number of benzene rings is 1. The van der Waals surface area contributed by atoms with Crippen LogP contribution in [-0.4, -0.2) is 144 Å². The average molecular weight is 1010 g/mol. The number of aromatic hydroxyl groups is 1.